The Kier molecular flexibility index (Phi) is 11.7. The minimum Gasteiger partial charge on any atom is -0.457 e. The quantitative estimate of drug-likeness (QED) is 0.0981. The van der Waals surface area contributed by atoms with Crippen molar-refractivity contribution in [2.24, 2.45) is 28.6 Å². The Morgan fingerprint density at radius 1 is 0.961 bits per heavy atom. The fourth-order valence-electron chi connectivity index (χ4n) is 9.08. The summed E-state index contributed by atoms with van der Waals surface area (Å²) in [6.45, 7) is 2.83. The van der Waals surface area contributed by atoms with Crippen LogP contribution in [0.5, 0.6) is 0 Å². The Hall–Kier alpha value is -4.35. The molecule has 51 heavy (non-hydrogen) atoms. The van der Waals surface area contributed by atoms with Gasteiger partial charge in [-0.15, -0.1) is 20.2 Å². The first kappa shape index (κ1) is 39.4. The fraction of sp³-hybridized carbons (Fsp3) is 0.727. The van der Waals surface area contributed by atoms with Crippen LogP contribution in [-0.2, 0) is 43.1 Å². The lowest BCUT2D eigenvalue weighted by atomic mass is 9.44. The number of aliphatic hydroxyl groups excluding tert-OH is 1. The molecule has 0 bridgehead atoms. The van der Waals surface area contributed by atoms with Gasteiger partial charge in [-0.1, -0.05) is 19.9 Å². The van der Waals surface area contributed by atoms with Crippen LogP contribution in [-0.4, -0.2) is 87.9 Å². The number of ether oxygens (including phenoxy) is 2. The van der Waals surface area contributed by atoms with E-state index < -0.39 is 130 Å². The summed E-state index contributed by atoms with van der Waals surface area (Å²) in [6, 6.07) is 0. The molecule has 4 aliphatic carbocycles. The molecular formula is C33H42F2N2O14. The normalized spacial score (nSPS) is 35.0. The summed E-state index contributed by atoms with van der Waals surface area (Å²) >= 11 is 0. The van der Waals surface area contributed by atoms with E-state index in [0.717, 1.165) is 12.2 Å². The van der Waals surface area contributed by atoms with Crippen molar-refractivity contribution in [3.63, 3.8) is 0 Å². The van der Waals surface area contributed by atoms with Crippen LogP contribution < -0.4 is 0 Å². The largest absolute Gasteiger partial charge is 0.457 e. The van der Waals surface area contributed by atoms with E-state index in [9.17, 15) is 49.3 Å². The number of alkyl halides is 2. The number of Topliss-reactive ketones (excluding diaryl/α,β-unsaturated/α-hetero) is 2. The number of rotatable bonds is 17. The topological polar surface area (TPSA) is 229 Å². The highest BCUT2D eigenvalue weighted by molar-refractivity contribution is 6.01. The maximum atomic E-state index is 17.7. The molecule has 282 valence electrons. The lowest BCUT2D eigenvalue weighted by Gasteiger charge is -2.63. The summed E-state index contributed by atoms with van der Waals surface area (Å²) in [5, 5.41) is 30.4. The molecule has 0 spiro atoms. The van der Waals surface area contributed by atoms with Crippen LogP contribution >= 0.6 is 0 Å². The molecular weight excluding hydrogens is 686 g/mol. The summed E-state index contributed by atoms with van der Waals surface area (Å²) in [7, 11) is 0. The van der Waals surface area contributed by atoms with Gasteiger partial charge in [-0.2, -0.15) is 0 Å². The summed E-state index contributed by atoms with van der Waals surface area (Å²) in [6.07, 6.45) is -2.38. The third kappa shape index (κ3) is 7.23. The Morgan fingerprint density at radius 2 is 1.59 bits per heavy atom. The standard InChI is InChI=1S/C33H42F2N2O14/c1-19-14-22-23-16-25(34)24-15-21(39)10-11-30(24,2)32(23,35)26(40)17-31(22,3)33(19,51-29(43)7-5-13-50-37(46)47)27(41)18-48-28(42)9-8-20(38)6-4-12-49-36(44)45/h10-11,15,19,22-23,25-26,40H,4-9,12-14,16-18H2,1-3H3/t19-,22?,23?,25+,26+,30+,31+,32+,33+/m1/s1. The van der Waals surface area contributed by atoms with Gasteiger partial charge in [-0.3, -0.25) is 24.0 Å². The highest BCUT2D eigenvalue weighted by Crippen LogP contribution is 2.71. The van der Waals surface area contributed by atoms with Crippen molar-refractivity contribution in [3.8, 4) is 0 Å². The number of nitrogens with zero attached hydrogens (tertiary/aromatic N) is 2. The van der Waals surface area contributed by atoms with E-state index in [0.29, 0.717) is 0 Å². The first-order chi connectivity index (χ1) is 23.8. The van der Waals surface area contributed by atoms with E-state index in [2.05, 4.69) is 9.68 Å². The Balaban J connectivity index is 1.59. The smallest absolute Gasteiger partial charge is 0.306 e. The van der Waals surface area contributed by atoms with Gasteiger partial charge in [0.05, 0.1) is 25.7 Å². The third-order valence-corrected chi connectivity index (χ3v) is 11.3. The number of fused-ring (bicyclic) bond motifs is 5. The minimum atomic E-state index is -2.49. The van der Waals surface area contributed by atoms with Crippen molar-refractivity contribution in [1.82, 2.24) is 0 Å². The van der Waals surface area contributed by atoms with Crippen molar-refractivity contribution in [3.05, 3.63) is 44.0 Å². The number of esters is 2. The number of hydrogen-bond donors (Lipinski definition) is 1. The van der Waals surface area contributed by atoms with Crippen LogP contribution in [0.3, 0.4) is 0 Å². The summed E-state index contributed by atoms with van der Waals surface area (Å²) < 4.78 is 44.8. The van der Waals surface area contributed by atoms with Crippen LogP contribution in [0, 0.1) is 48.8 Å². The van der Waals surface area contributed by atoms with Crippen molar-refractivity contribution >= 4 is 29.3 Å². The molecule has 0 heterocycles. The maximum absolute atomic E-state index is 17.7. The van der Waals surface area contributed by atoms with Gasteiger partial charge >= 0.3 is 11.9 Å². The molecule has 9 atom stereocenters. The number of allylic oxidation sites excluding steroid dienone is 4. The van der Waals surface area contributed by atoms with E-state index in [1.165, 1.54) is 19.9 Å². The zero-order valence-electron chi connectivity index (χ0n) is 28.5. The Morgan fingerprint density at radius 3 is 2.22 bits per heavy atom. The molecule has 0 radical (unpaired) electrons. The molecule has 1 N–H and O–H groups in total. The molecule has 0 amide bonds. The van der Waals surface area contributed by atoms with Crippen LogP contribution in [0.1, 0.15) is 78.6 Å². The number of carbonyl (C=O) groups is 5. The average Bonchev–Trinajstić information content (AvgIpc) is 3.27. The van der Waals surface area contributed by atoms with Crippen LogP contribution in [0.4, 0.5) is 8.78 Å². The molecule has 3 fully saturated rings. The lowest BCUT2D eigenvalue weighted by Crippen LogP contribution is -2.71. The molecule has 3 saturated carbocycles. The monoisotopic (exact) mass is 728 g/mol. The fourth-order valence-corrected chi connectivity index (χ4v) is 9.08. The Labute approximate surface area is 291 Å². The SMILES string of the molecule is C[C@@H]1CC2C3C[C@H](F)C4=CC(=O)C=C[C@]4(C)[C@@]3(F)[C@@H](O)C[C@]2(C)[C@@]1(OC(=O)CCCO[N+](=O)[O-])C(=O)COC(=O)CCC(=O)CCCO[N+](=O)[O-]. The van der Waals surface area contributed by atoms with Gasteiger partial charge in [-0.05, 0) is 62.7 Å². The summed E-state index contributed by atoms with van der Waals surface area (Å²) in [5.74, 6) is -6.68. The van der Waals surface area contributed by atoms with Crippen molar-refractivity contribution in [2.75, 3.05) is 19.8 Å². The predicted molar refractivity (Wildman–Crippen MR) is 167 cm³/mol. The van der Waals surface area contributed by atoms with Crippen molar-refractivity contribution in [2.45, 2.75) is 102 Å². The second-order valence-electron chi connectivity index (χ2n) is 14.1. The van der Waals surface area contributed by atoms with E-state index in [4.69, 9.17) is 9.47 Å². The van der Waals surface area contributed by atoms with E-state index in [1.54, 1.807) is 6.92 Å². The summed E-state index contributed by atoms with van der Waals surface area (Å²) in [5.41, 5.74) is -7.95. The zero-order valence-corrected chi connectivity index (χ0v) is 28.5. The molecule has 16 nitrogen and oxygen atoms in total. The van der Waals surface area contributed by atoms with E-state index in [-0.39, 0.29) is 44.3 Å². The lowest BCUT2D eigenvalue weighted by molar-refractivity contribution is -0.757. The van der Waals surface area contributed by atoms with Crippen LogP contribution in [0.2, 0.25) is 0 Å². The highest BCUT2D eigenvalue weighted by Gasteiger charge is 2.78. The molecule has 0 saturated heterocycles. The maximum Gasteiger partial charge on any atom is 0.306 e. The number of halogens is 2. The number of carbonyl (C=O) groups excluding carboxylic acids is 5. The number of aliphatic hydroxyl groups is 1. The summed E-state index contributed by atoms with van der Waals surface area (Å²) in [4.78, 5) is 93.6. The average molecular weight is 729 g/mol. The van der Waals surface area contributed by atoms with Gasteiger partial charge in [0.25, 0.3) is 10.2 Å². The van der Waals surface area contributed by atoms with Gasteiger partial charge in [0.15, 0.2) is 23.7 Å². The first-order valence-corrected chi connectivity index (χ1v) is 16.8. The number of hydrogen-bond acceptors (Lipinski definition) is 14. The molecule has 0 aromatic carbocycles. The predicted octanol–water partition coefficient (Wildman–Crippen LogP) is 3.27. The molecule has 4 aliphatic rings. The molecule has 18 heteroatoms. The van der Waals surface area contributed by atoms with Gasteiger partial charge in [0.1, 0.15) is 12.0 Å². The molecule has 2 unspecified atom stereocenters. The molecule has 0 aliphatic heterocycles. The van der Waals surface area contributed by atoms with E-state index in [1.807, 2.05) is 0 Å². The second kappa shape index (κ2) is 15.1. The number of ketones is 3. The van der Waals surface area contributed by atoms with Gasteiger partial charge in [0, 0.05) is 41.9 Å². The van der Waals surface area contributed by atoms with Crippen molar-refractivity contribution < 1.29 is 67.2 Å². The van der Waals surface area contributed by atoms with E-state index >= 15 is 8.78 Å². The minimum absolute atomic E-state index is 0.0378. The molecule has 4 rings (SSSR count). The zero-order chi connectivity index (χ0) is 37.9. The van der Waals surface area contributed by atoms with Crippen molar-refractivity contribution in [1.29, 1.82) is 0 Å². The Bertz CT molecular complexity index is 1520. The van der Waals surface area contributed by atoms with Crippen LogP contribution in [0.25, 0.3) is 0 Å². The second-order valence-corrected chi connectivity index (χ2v) is 14.1. The van der Waals surface area contributed by atoms with Gasteiger partial charge in [0.2, 0.25) is 5.78 Å². The molecule has 0 aromatic heterocycles. The van der Waals surface area contributed by atoms with Crippen LogP contribution in [0.15, 0.2) is 23.8 Å². The first-order valence-electron chi connectivity index (χ1n) is 16.8. The van der Waals surface area contributed by atoms with Gasteiger partial charge in [-0.25, -0.2) is 8.78 Å². The molecule has 0 aromatic rings. The highest BCUT2D eigenvalue weighted by atomic mass is 19.1. The third-order valence-electron chi connectivity index (χ3n) is 11.3. The van der Waals surface area contributed by atoms with Gasteiger partial charge < -0.3 is 24.3 Å².